The summed E-state index contributed by atoms with van der Waals surface area (Å²) in [5.41, 5.74) is 0.201. The smallest absolute Gasteiger partial charge is 0.265 e. The second-order valence-electron chi connectivity index (χ2n) is 1.48. The molecule has 0 saturated carbocycles. The molecule has 0 aromatic heterocycles. The number of azo groups is 1. The van der Waals surface area contributed by atoms with Crippen LogP contribution in [0.15, 0.2) is 33.6 Å². The fourth-order valence-corrected chi connectivity index (χ4v) is 0.497. The molecule has 4 heteroatoms. The maximum atomic E-state index is 10.5. The average molecular weight is 143 g/mol. The van der Waals surface area contributed by atoms with Crippen LogP contribution in [0.1, 0.15) is 0 Å². The Morgan fingerprint density at radius 1 is 1.67 bits per heavy atom. The van der Waals surface area contributed by atoms with Crippen LogP contribution in [0.2, 0.25) is 0 Å². The molecule has 1 rings (SSSR count). The lowest BCUT2D eigenvalue weighted by atomic mass is 10.3. The zero-order valence-corrected chi connectivity index (χ0v) is 5.22. The van der Waals surface area contributed by atoms with Gasteiger partial charge in [-0.05, 0) is 0 Å². The third kappa shape index (κ3) is 1.05. The van der Waals surface area contributed by atoms with Gasteiger partial charge in [0.1, 0.15) is 0 Å². The van der Waals surface area contributed by atoms with Gasteiger partial charge in [0.2, 0.25) is 0 Å². The van der Waals surface area contributed by atoms with E-state index in [1.807, 2.05) is 0 Å². The van der Waals surface area contributed by atoms with Crippen molar-refractivity contribution in [3.05, 3.63) is 23.4 Å². The highest BCUT2D eigenvalue weighted by Gasteiger charge is 2.11. The highest BCUT2D eigenvalue weighted by Crippen LogP contribution is 2.17. The van der Waals surface area contributed by atoms with Crippen molar-refractivity contribution in [1.82, 2.24) is 0 Å². The Balaban J connectivity index is 3.00. The summed E-state index contributed by atoms with van der Waals surface area (Å²) < 4.78 is 0. The molecular formula is C5H3ClN2O. The van der Waals surface area contributed by atoms with Crippen molar-refractivity contribution in [1.29, 1.82) is 0 Å². The number of nitrogens with zero attached hydrogens (tertiary/aromatic N) is 2. The first-order chi connectivity index (χ1) is 4.22. The second-order valence-corrected chi connectivity index (χ2v) is 1.88. The second kappa shape index (κ2) is 2.11. The maximum absolute atomic E-state index is 10.5. The summed E-state index contributed by atoms with van der Waals surface area (Å²) >= 11 is 5.45. The molecule has 1 amide bonds. The minimum Gasteiger partial charge on any atom is -0.265 e. The van der Waals surface area contributed by atoms with E-state index in [4.69, 9.17) is 11.6 Å². The van der Waals surface area contributed by atoms with Crippen LogP contribution < -0.4 is 0 Å². The van der Waals surface area contributed by atoms with Crippen LogP contribution in [0, 0.1) is 0 Å². The van der Waals surface area contributed by atoms with E-state index in [2.05, 4.69) is 16.8 Å². The molecule has 46 valence electrons. The normalized spacial score (nSPS) is 18.1. The molecule has 1 heterocycles. The van der Waals surface area contributed by atoms with Gasteiger partial charge in [-0.1, -0.05) is 18.2 Å². The van der Waals surface area contributed by atoms with Gasteiger partial charge in [0.25, 0.3) is 5.91 Å². The van der Waals surface area contributed by atoms with Crippen LogP contribution in [0.3, 0.4) is 0 Å². The van der Waals surface area contributed by atoms with E-state index in [1.54, 1.807) is 0 Å². The first-order valence-electron chi connectivity index (χ1n) is 2.22. The molecule has 0 aromatic carbocycles. The number of hydrogen-bond donors (Lipinski definition) is 0. The summed E-state index contributed by atoms with van der Waals surface area (Å²) in [5.74, 6) is -0.470. The molecule has 0 unspecified atom stereocenters. The van der Waals surface area contributed by atoms with E-state index in [0.717, 1.165) is 0 Å². The molecular weight excluding hydrogens is 140 g/mol. The summed E-state index contributed by atoms with van der Waals surface area (Å²) in [6.45, 7) is 3.37. The Labute approximate surface area is 56.7 Å². The lowest BCUT2D eigenvalue weighted by molar-refractivity contribution is -0.114. The van der Waals surface area contributed by atoms with Crippen LogP contribution in [-0.4, -0.2) is 5.91 Å². The number of carbonyl (C=O) groups excluding carboxylic acids is 1. The Morgan fingerprint density at radius 3 is 2.78 bits per heavy atom. The van der Waals surface area contributed by atoms with Crippen molar-refractivity contribution < 1.29 is 4.79 Å². The summed E-state index contributed by atoms with van der Waals surface area (Å²) in [5, 5.41) is 6.76. The van der Waals surface area contributed by atoms with E-state index >= 15 is 0 Å². The van der Waals surface area contributed by atoms with Crippen LogP contribution in [-0.2, 0) is 4.79 Å². The molecule has 0 radical (unpaired) electrons. The van der Waals surface area contributed by atoms with Gasteiger partial charge >= 0.3 is 0 Å². The first kappa shape index (κ1) is 6.16. The highest BCUT2D eigenvalue weighted by molar-refractivity contribution is 6.35. The van der Waals surface area contributed by atoms with Gasteiger partial charge in [-0.2, -0.15) is 5.11 Å². The number of amides is 1. The summed E-state index contributed by atoms with van der Waals surface area (Å²) in [6.07, 6.45) is 1.28. The monoisotopic (exact) mass is 142 g/mol. The van der Waals surface area contributed by atoms with E-state index in [9.17, 15) is 4.79 Å². The Kier molecular flexibility index (Phi) is 1.44. The van der Waals surface area contributed by atoms with Crippen molar-refractivity contribution in [2.24, 2.45) is 10.2 Å². The fraction of sp³-hybridized carbons (Fsp3) is 0. The third-order valence-corrected chi connectivity index (χ3v) is 1.19. The quantitative estimate of drug-likeness (QED) is 0.474. The Morgan fingerprint density at radius 2 is 2.33 bits per heavy atom. The van der Waals surface area contributed by atoms with Gasteiger partial charge in [0.05, 0.1) is 16.8 Å². The summed E-state index contributed by atoms with van der Waals surface area (Å²) in [6, 6.07) is 0. The summed E-state index contributed by atoms with van der Waals surface area (Å²) in [4.78, 5) is 10.5. The van der Waals surface area contributed by atoms with E-state index in [-0.39, 0.29) is 10.6 Å². The molecule has 0 fully saturated rings. The standard InChI is InChI=1S/C5H3ClN2O/c1-3-4(6)2-7-8-5(3)9/h2H,1H2. The lowest BCUT2D eigenvalue weighted by Crippen LogP contribution is -1.99. The van der Waals surface area contributed by atoms with Crippen molar-refractivity contribution in [3.8, 4) is 0 Å². The number of hydrogen-bond acceptors (Lipinski definition) is 2. The fourth-order valence-electron chi connectivity index (χ4n) is 0.372. The number of carbonyl (C=O) groups is 1. The highest BCUT2D eigenvalue weighted by atomic mass is 35.5. The van der Waals surface area contributed by atoms with Gasteiger partial charge in [-0.15, -0.1) is 5.11 Å². The van der Waals surface area contributed by atoms with Crippen LogP contribution >= 0.6 is 11.6 Å². The molecule has 0 spiro atoms. The molecule has 0 saturated heterocycles. The minimum atomic E-state index is -0.470. The van der Waals surface area contributed by atoms with Crippen molar-refractivity contribution in [3.63, 3.8) is 0 Å². The van der Waals surface area contributed by atoms with E-state index < -0.39 is 5.91 Å². The van der Waals surface area contributed by atoms with Gasteiger partial charge in [-0.25, -0.2) is 0 Å². The van der Waals surface area contributed by atoms with Gasteiger partial charge in [0.15, 0.2) is 0 Å². The van der Waals surface area contributed by atoms with Crippen LogP contribution in [0.4, 0.5) is 0 Å². The largest absolute Gasteiger partial charge is 0.296 e. The lowest BCUT2D eigenvalue weighted by Gasteiger charge is -1.98. The third-order valence-electron chi connectivity index (χ3n) is 0.866. The predicted octanol–water partition coefficient (Wildman–Crippen LogP) is 1.62. The minimum absolute atomic E-state index is 0.201. The number of rotatable bonds is 0. The van der Waals surface area contributed by atoms with E-state index in [0.29, 0.717) is 0 Å². The predicted molar refractivity (Wildman–Crippen MR) is 32.9 cm³/mol. The molecule has 0 bridgehead atoms. The molecule has 0 aliphatic carbocycles. The van der Waals surface area contributed by atoms with Gasteiger partial charge in [0, 0.05) is 0 Å². The molecule has 0 aromatic rings. The molecule has 9 heavy (non-hydrogen) atoms. The van der Waals surface area contributed by atoms with Crippen molar-refractivity contribution >= 4 is 17.5 Å². The maximum Gasteiger partial charge on any atom is 0.296 e. The van der Waals surface area contributed by atoms with Gasteiger partial charge < -0.3 is 0 Å². The Bertz CT molecular complexity index is 229. The zero-order chi connectivity index (χ0) is 6.85. The number of halogens is 1. The van der Waals surface area contributed by atoms with Crippen LogP contribution in [0.5, 0.6) is 0 Å². The van der Waals surface area contributed by atoms with Gasteiger partial charge in [-0.3, -0.25) is 4.79 Å². The SMILES string of the molecule is C=C1C(=O)N=NC=C1Cl. The van der Waals surface area contributed by atoms with E-state index in [1.165, 1.54) is 6.20 Å². The van der Waals surface area contributed by atoms with Crippen molar-refractivity contribution in [2.45, 2.75) is 0 Å². The summed E-state index contributed by atoms with van der Waals surface area (Å²) in [7, 11) is 0. The molecule has 1 aliphatic heterocycles. The zero-order valence-electron chi connectivity index (χ0n) is 4.47. The molecule has 1 aliphatic rings. The molecule has 0 atom stereocenters. The van der Waals surface area contributed by atoms with Crippen LogP contribution in [0.25, 0.3) is 0 Å². The van der Waals surface area contributed by atoms with Crippen molar-refractivity contribution in [2.75, 3.05) is 0 Å². The Hall–Kier alpha value is -0.960. The molecule has 3 nitrogen and oxygen atoms in total. The molecule has 0 N–H and O–H groups in total. The first-order valence-corrected chi connectivity index (χ1v) is 2.60. The average Bonchev–Trinajstić information content (AvgIpc) is 1.83. The topological polar surface area (TPSA) is 41.8 Å².